The average Bonchev–Trinajstić information content (AvgIpc) is 2.72. The molecule has 0 N–H and O–H groups in total. The standard InChI is InChI=1S/C22H28N2OS/c1-23(16-14-18-7-4-3-5-8-18)20-9-6-15-24(17-20)22(25)19-10-12-21(26-2)13-11-19/h3-5,7-8,10-13,20H,6,9,14-17H2,1-2H3/t20-/m0/s1. The second kappa shape index (κ2) is 9.24. The smallest absolute Gasteiger partial charge is 0.253 e. The van der Waals surface area contributed by atoms with E-state index in [9.17, 15) is 4.79 Å². The fourth-order valence-corrected chi connectivity index (χ4v) is 3.96. The molecule has 0 aliphatic carbocycles. The summed E-state index contributed by atoms with van der Waals surface area (Å²) in [6.45, 7) is 2.72. The Kier molecular flexibility index (Phi) is 6.75. The van der Waals surface area contributed by atoms with Crippen molar-refractivity contribution in [2.24, 2.45) is 0 Å². The van der Waals surface area contributed by atoms with Crippen molar-refractivity contribution in [3.8, 4) is 0 Å². The van der Waals surface area contributed by atoms with Crippen LogP contribution in [-0.4, -0.2) is 54.7 Å². The van der Waals surface area contributed by atoms with Gasteiger partial charge in [0.2, 0.25) is 0 Å². The molecular weight excluding hydrogens is 340 g/mol. The van der Waals surface area contributed by atoms with Crippen molar-refractivity contribution in [1.82, 2.24) is 9.80 Å². The van der Waals surface area contributed by atoms with Crippen molar-refractivity contribution in [2.45, 2.75) is 30.2 Å². The molecular formula is C22H28N2OS. The molecule has 3 rings (SSSR count). The van der Waals surface area contributed by atoms with Gasteiger partial charge in [-0.15, -0.1) is 11.8 Å². The minimum Gasteiger partial charge on any atom is -0.337 e. The number of rotatable bonds is 6. The van der Waals surface area contributed by atoms with E-state index in [1.807, 2.05) is 29.2 Å². The molecule has 0 aromatic heterocycles. The van der Waals surface area contributed by atoms with Gasteiger partial charge in [0.1, 0.15) is 0 Å². The summed E-state index contributed by atoms with van der Waals surface area (Å²) in [5.74, 6) is 0.166. The first-order chi connectivity index (χ1) is 12.7. The highest BCUT2D eigenvalue weighted by molar-refractivity contribution is 7.98. The Bertz CT molecular complexity index is 702. The predicted octanol–water partition coefficient (Wildman–Crippen LogP) is 4.19. The molecule has 0 unspecified atom stereocenters. The molecule has 2 aromatic carbocycles. The molecule has 1 fully saturated rings. The minimum absolute atomic E-state index is 0.166. The van der Waals surface area contributed by atoms with E-state index in [1.54, 1.807) is 11.8 Å². The predicted molar refractivity (Wildman–Crippen MR) is 110 cm³/mol. The molecule has 1 aliphatic heterocycles. The van der Waals surface area contributed by atoms with Gasteiger partial charge in [-0.25, -0.2) is 0 Å². The summed E-state index contributed by atoms with van der Waals surface area (Å²) in [5.41, 5.74) is 2.17. The molecule has 26 heavy (non-hydrogen) atoms. The van der Waals surface area contributed by atoms with Crippen molar-refractivity contribution >= 4 is 17.7 Å². The summed E-state index contributed by atoms with van der Waals surface area (Å²) >= 11 is 1.70. The third-order valence-corrected chi connectivity index (χ3v) is 5.98. The second-order valence-electron chi connectivity index (χ2n) is 6.99. The van der Waals surface area contributed by atoms with E-state index in [2.05, 4.69) is 48.5 Å². The van der Waals surface area contributed by atoms with Crippen molar-refractivity contribution < 1.29 is 4.79 Å². The molecule has 4 heteroatoms. The van der Waals surface area contributed by atoms with Crippen LogP contribution < -0.4 is 0 Å². The minimum atomic E-state index is 0.166. The van der Waals surface area contributed by atoms with Crippen LogP contribution in [0.4, 0.5) is 0 Å². The van der Waals surface area contributed by atoms with Crippen LogP contribution in [0.2, 0.25) is 0 Å². The summed E-state index contributed by atoms with van der Waals surface area (Å²) in [6, 6.07) is 19.0. The number of carbonyl (C=O) groups excluding carboxylic acids is 1. The molecule has 0 bridgehead atoms. The number of piperidine rings is 1. The summed E-state index contributed by atoms with van der Waals surface area (Å²) in [6.07, 6.45) is 5.35. The van der Waals surface area contributed by atoms with Gasteiger partial charge in [-0.05, 0) is 62.4 Å². The molecule has 1 saturated heterocycles. The molecule has 138 valence electrons. The zero-order valence-corrected chi connectivity index (χ0v) is 16.5. The molecule has 0 spiro atoms. The molecule has 0 radical (unpaired) electrons. The number of hydrogen-bond donors (Lipinski definition) is 0. The Morgan fingerprint density at radius 1 is 1.15 bits per heavy atom. The fraction of sp³-hybridized carbons (Fsp3) is 0.409. The number of hydrogen-bond acceptors (Lipinski definition) is 3. The Morgan fingerprint density at radius 2 is 1.88 bits per heavy atom. The average molecular weight is 369 g/mol. The van der Waals surface area contributed by atoms with Gasteiger partial charge in [0.05, 0.1) is 0 Å². The summed E-state index contributed by atoms with van der Waals surface area (Å²) < 4.78 is 0. The number of nitrogens with zero attached hydrogens (tertiary/aromatic N) is 2. The van der Waals surface area contributed by atoms with Crippen LogP contribution in [-0.2, 0) is 6.42 Å². The van der Waals surface area contributed by atoms with Gasteiger partial charge in [-0.3, -0.25) is 4.79 Å². The van der Waals surface area contributed by atoms with Gasteiger partial charge in [0.25, 0.3) is 5.91 Å². The van der Waals surface area contributed by atoms with Gasteiger partial charge in [-0.1, -0.05) is 30.3 Å². The Labute approximate surface area is 161 Å². The van der Waals surface area contributed by atoms with Crippen LogP contribution in [0, 0.1) is 0 Å². The lowest BCUT2D eigenvalue weighted by molar-refractivity contribution is 0.0611. The Hall–Kier alpha value is -1.78. The van der Waals surface area contributed by atoms with Gasteiger partial charge in [-0.2, -0.15) is 0 Å². The van der Waals surface area contributed by atoms with Crippen LogP contribution in [0.5, 0.6) is 0 Å². The zero-order valence-electron chi connectivity index (χ0n) is 15.7. The molecule has 1 aliphatic rings. The Balaban J connectivity index is 1.56. The number of benzene rings is 2. The van der Waals surface area contributed by atoms with Crippen molar-refractivity contribution in [2.75, 3.05) is 32.9 Å². The molecule has 3 nitrogen and oxygen atoms in total. The van der Waals surface area contributed by atoms with E-state index in [4.69, 9.17) is 0 Å². The maximum atomic E-state index is 12.8. The third-order valence-electron chi connectivity index (χ3n) is 5.24. The van der Waals surface area contributed by atoms with Gasteiger partial charge < -0.3 is 9.80 Å². The first-order valence-corrected chi connectivity index (χ1v) is 10.6. The van der Waals surface area contributed by atoms with E-state index in [-0.39, 0.29) is 5.91 Å². The molecule has 0 saturated carbocycles. The fourth-order valence-electron chi connectivity index (χ4n) is 3.55. The van der Waals surface area contributed by atoms with Crippen LogP contribution in [0.1, 0.15) is 28.8 Å². The summed E-state index contributed by atoms with van der Waals surface area (Å²) in [5, 5.41) is 0. The lowest BCUT2D eigenvalue weighted by Gasteiger charge is -2.37. The highest BCUT2D eigenvalue weighted by atomic mass is 32.2. The van der Waals surface area contributed by atoms with E-state index in [1.165, 1.54) is 16.9 Å². The number of thioether (sulfide) groups is 1. The lowest BCUT2D eigenvalue weighted by atomic mass is 10.0. The van der Waals surface area contributed by atoms with E-state index in [0.29, 0.717) is 6.04 Å². The summed E-state index contributed by atoms with van der Waals surface area (Å²) in [4.78, 5) is 18.5. The molecule has 2 aromatic rings. The lowest BCUT2D eigenvalue weighted by Crippen LogP contribution is -2.49. The van der Waals surface area contributed by atoms with E-state index >= 15 is 0 Å². The van der Waals surface area contributed by atoms with Crippen molar-refractivity contribution in [1.29, 1.82) is 0 Å². The van der Waals surface area contributed by atoms with Crippen LogP contribution in [0.25, 0.3) is 0 Å². The molecule has 1 atom stereocenters. The molecule has 1 amide bonds. The third kappa shape index (κ3) is 4.89. The van der Waals surface area contributed by atoms with Crippen LogP contribution >= 0.6 is 11.8 Å². The monoisotopic (exact) mass is 368 g/mol. The van der Waals surface area contributed by atoms with Crippen LogP contribution in [0.3, 0.4) is 0 Å². The second-order valence-corrected chi connectivity index (χ2v) is 7.87. The number of likely N-dealkylation sites (tertiary alicyclic amines) is 1. The van der Waals surface area contributed by atoms with E-state index < -0.39 is 0 Å². The van der Waals surface area contributed by atoms with Gasteiger partial charge in [0, 0.05) is 36.1 Å². The normalized spacial score (nSPS) is 17.5. The Morgan fingerprint density at radius 3 is 2.58 bits per heavy atom. The highest BCUT2D eigenvalue weighted by Crippen LogP contribution is 2.20. The van der Waals surface area contributed by atoms with Crippen LogP contribution in [0.15, 0.2) is 59.5 Å². The zero-order chi connectivity index (χ0) is 18.4. The van der Waals surface area contributed by atoms with Crippen molar-refractivity contribution in [3.05, 3.63) is 65.7 Å². The van der Waals surface area contributed by atoms with Gasteiger partial charge >= 0.3 is 0 Å². The summed E-state index contributed by atoms with van der Waals surface area (Å²) in [7, 11) is 2.19. The highest BCUT2D eigenvalue weighted by Gasteiger charge is 2.26. The number of amides is 1. The van der Waals surface area contributed by atoms with Gasteiger partial charge in [0.15, 0.2) is 0 Å². The van der Waals surface area contributed by atoms with E-state index in [0.717, 1.165) is 38.0 Å². The number of carbonyl (C=O) groups is 1. The largest absolute Gasteiger partial charge is 0.337 e. The maximum Gasteiger partial charge on any atom is 0.253 e. The first-order valence-electron chi connectivity index (χ1n) is 9.35. The molecule has 1 heterocycles. The number of likely N-dealkylation sites (N-methyl/N-ethyl adjacent to an activating group) is 1. The quantitative estimate of drug-likeness (QED) is 0.715. The van der Waals surface area contributed by atoms with Crippen molar-refractivity contribution in [3.63, 3.8) is 0 Å². The first kappa shape index (κ1) is 19.0. The SMILES string of the molecule is CSc1ccc(C(=O)N2CCC[C@H](N(C)CCc3ccccc3)C2)cc1. The maximum absolute atomic E-state index is 12.8. The topological polar surface area (TPSA) is 23.6 Å².